The smallest absolute Gasteiger partial charge is 0.226 e. The van der Waals surface area contributed by atoms with E-state index in [4.69, 9.17) is 4.74 Å². The lowest BCUT2D eigenvalue weighted by molar-refractivity contribution is -0.132. The van der Waals surface area contributed by atoms with Gasteiger partial charge < -0.3 is 14.5 Å². The van der Waals surface area contributed by atoms with Crippen LogP contribution in [0.15, 0.2) is 35.8 Å². The van der Waals surface area contributed by atoms with E-state index in [9.17, 15) is 9.18 Å². The summed E-state index contributed by atoms with van der Waals surface area (Å²) < 4.78 is 18.8. The summed E-state index contributed by atoms with van der Waals surface area (Å²) in [4.78, 5) is 20.5. The van der Waals surface area contributed by atoms with Crippen molar-refractivity contribution in [3.8, 4) is 5.75 Å². The fourth-order valence-corrected chi connectivity index (χ4v) is 3.18. The third kappa shape index (κ3) is 3.98. The molecule has 1 aromatic carbocycles. The van der Waals surface area contributed by atoms with Gasteiger partial charge in [0.05, 0.1) is 13.0 Å². The van der Waals surface area contributed by atoms with Crippen LogP contribution in [-0.2, 0) is 4.79 Å². The first-order valence-corrected chi connectivity index (χ1v) is 8.41. The zero-order valence-electron chi connectivity index (χ0n) is 12.7. The van der Waals surface area contributed by atoms with Crippen LogP contribution in [0.3, 0.4) is 0 Å². The maximum Gasteiger partial charge on any atom is 0.226 e. The minimum Gasteiger partial charge on any atom is -0.490 e. The number of halogens is 1. The number of hydrogen-bond donors (Lipinski definition) is 0. The number of nitrogens with zero attached hydrogens (tertiary/aromatic N) is 3. The molecule has 1 aromatic heterocycles. The van der Waals surface area contributed by atoms with Crippen LogP contribution in [-0.4, -0.2) is 48.6 Å². The summed E-state index contributed by atoms with van der Waals surface area (Å²) >= 11 is 1.61. The zero-order valence-corrected chi connectivity index (χ0v) is 13.5. The Morgan fingerprint density at radius 3 is 2.74 bits per heavy atom. The minimum atomic E-state index is -0.406. The Kier molecular flexibility index (Phi) is 5.07. The summed E-state index contributed by atoms with van der Waals surface area (Å²) in [6, 6.07) is 6.22. The molecule has 0 spiro atoms. The molecule has 0 N–H and O–H groups in total. The number of amides is 1. The van der Waals surface area contributed by atoms with E-state index >= 15 is 0 Å². The predicted molar refractivity (Wildman–Crippen MR) is 87.4 cm³/mol. The molecular formula is C16H18FN3O2S. The molecule has 2 aromatic rings. The van der Waals surface area contributed by atoms with E-state index in [0.29, 0.717) is 13.1 Å². The molecule has 1 aliphatic heterocycles. The second kappa shape index (κ2) is 7.41. The van der Waals surface area contributed by atoms with Crippen molar-refractivity contribution >= 4 is 22.4 Å². The summed E-state index contributed by atoms with van der Waals surface area (Å²) in [5.41, 5.74) is 0. The molecule has 1 aliphatic rings. The average Bonchev–Trinajstić information content (AvgIpc) is 3.11. The number of carbonyl (C=O) groups is 1. The monoisotopic (exact) mass is 335 g/mol. The van der Waals surface area contributed by atoms with Crippen molar-refractivity contribution in [3.63, 3.8) is 0 Å². The van der Waals surface area contributed by atoms with Crippen molar-refractivity contribution < 1.29 is 13.9 Å². The number of anilines is 1. The molecule has 0 bridgehead atoms. The van der Waals surface area contributed by atoms with Gasteiger partial charge in [0.1, 0.15) is 0 Å². The Labute approximate surface area is 138 Å². The minimum absolute atomic E-state index is 0.0418. The molecule has 23 heavy (non-hydrogen) atoms. The molecule has 0 radical (unpaired) electrons. The normalized spacial score (nSPS) is 14.8. The molecule has 0 unspecified atom stereocenters. The molecule has 122 valence electrons. The van der Waals surface area contributed by atoms with Gasteiger partial charge >= 0.3 is 0 Å². The molecule has 2 heterocycles. The first-order valence-electron chi connectivity index (χ1n) is 7.53. The van der Waals surface area contributed by atoms with Crippen molar-refractivity contribution in [2.45, 2.75) is 6.42 Å². The van der Waals surface area contributed by atoms with E-state index < -0.39 is 5.82 Å². The molecule has 1 amide bonds. The Morgan fingerprint density at radius 1 is 1.26 bits per heavy atom. The lowest BCUT2D eigenvalue weighted by atomic mass is 10.3. The third-order valence-corrected chi connectivity index (χ3v) is 4.56. The van der Waals surface area contributed by atoms with E-state index in [2.05, 4.69) is 9.88 Å². The number of benzene rings is 1. The van der Waals surface area contributed by atoms with E-state index in [-0.39, 0.29) is 24.7 Å². The van der Waals surface area contributed by atoms with Gasteiger partial charge in [0, 0.05) is 37.8 Å². The maximum absolute atomic E-state index is 13.4. The highest BCUT2D eigenvalue weighted by molar-refractivity contribution is 7.13. The van der Waals surface area contributed by atoms with E-state index in [1.165, 1.54) is 6.07 Å². The Hall–Kier alpha value is -2.15. The van der Waals surface area contributed by atoms with Crippen LogP contribution >= 0.6 is 11.3 Å². The molecule has 1 fully saturated rings. The molecule has 1 saturated heterocycles. The lowest BCUT2D eigenvalue weighted by Crippen LogP contribution is -2.49. The number of carbonyl (C=O) groups excluding carboxylic acids is 1. The number of hydrogen-bond acceptors (Lipinski definition) is 5. The summed E-state index contributed by atoms with van der Waals surface area (Å²) in [5.74, 6) is -0.175. The largest absolute Gasteiger partial charge is 0.490 e. The topological polar surface area (TPSA) is 45.7 Å². The number of thiazole rings is 1. The highest BCUT2D eigenvalue weighted by Gasteiger charge is 2.22. The number of aromatic nitrogens is 1. The molecule has 5 nitrogen and oxygen atoms in total. The zero-order chi connectivity index (χ0) is 16.1. The van der Waals surface area contributed by atoms with Gasteiger partial charge in [0.2, 0.25) is 5.91 Å². The highest BCUT2D eigenvalue weighted by Crippen LogP contribution is 2.19. The first kappa shape index (κ1) is 15.7. The van der Waals surface area contributed by atoms with Crippen molar-refractivity contribution in [1.29, 1.82) is 0 Å². The quantitative estimate of drug-likeness (QED) is 0.842. The van der Waals surface area contributed by atoms with Gasteiger partial charge in [-0.05, 0) is 12.1 Å². The van der Waals surface area contributed by atoms with Crippen molar-refractivity contribution in [2.24, 2.45) is 0 Å². The van der Waals surface area contributed by atoms with Crippen LogP contribution in [0.5, 0.6) is 5.75 Å². The van der Waals surface area contributed by atoms with Crippen LogP contribution < -0.4 is 9.64 Å². The van der Waals surface area contributed by atoms with Crippen LogP contribution in [0, 0.1) is 5.82 Å². The van der Waals surface area contributed by atoms with Crippen molar-refractivity contribution in [1.82, 2.24) is 9.88 Å². The molecule has 7 heteroatoms. The second-order valence-electron chi connectivity index (χ2n) is 5.21. The molecule has 3 rings (SSSR count). The SMILES string of the molecule is O=C(CCOc1ccccc1F)N1CCN(c2nccs2)CC1. The number of piperazine rings is 1. The number of rotatable bonds is 5. The number of para-hydroxylation sites is 1. The lowest BCUT2D eigenvalue weighted by Gasteiger charge is -2.34. The fourth-order valence-electron chi connectivity index (χ4n) is 2.49. The summed E-state index contributed by atoms with van der Waals surface area (Å²) in [7, 11) is 0. The van der Waals surface area contributed by atoms with Gasteiger partial charge in [-0.2, -0.15) is 0 Å². The van der Waals surface area contributed by atoms with Gasteiger partial charge in [0.15, 0.2) is 16.7 Å². The second-order valence-corrected chi connectivity index (χ2v) is 6.08. The van der Waals surface area contributed by atoms with Gasteiger partial charge in [-0.25, -0.2) is 9.37 Å². The Morgan fingerprint density at radius 2 is 2.04 bits per heavy atom. The molecule has 0 aliphatic carbocycles. The molecule has 0 saturated carbocycles. The van der Waals surface area contributed by atoms with Crippen LogP contribution in [0.2, 0.25) is 0 Å². The van der Waals surface area contributed by atoms with E-state index in [1.807, 2.05) is 10.3 Å². The van der Waals surface area contributed by atoms with Crippen LogP contribution in [0.4, 0.5) is 9.52 Å². The van der Waals surface area contributed by atoms with Gasteiger partial charge in [0.25, 0.3) is 0 Å². The van der Waals surface area contributed by atoms with Crippen LogP contribution in [0.1, 0.15) is 6.42 Å². The maximum atomic E-state index is 13.4. The molecule has 0 atom stereocenters. The fraction of sp³-hybridized carbons (Fsp3) is 0.375. The first-order chi connectivity index (χ1) is 11.2. The van der Waals surface area contributed by atoms with Gasteiger partial charge in [-0.15, -0.1) is 11.3 Å². The highest BCUT2D eigenvalue weighted by atomic mass is 32.1. The van der Waals surface area contributed by atoms with Crippen molar-refractivity contribution in [3.05, 3.63) is 41.7 Å². The average molecular weight is 335 g/mol. The van der Waals surface area contributed by atoms with Gasteiger partial charge in [-0.1, -0.05) is 12.1 Å². The van der Waals surface area contributed by atoms with E-state index in [1.54, 1.807) is 35.7 Å². The van der Waals surface area contributed by atoms with Gasteiger partial charge in [-0.3, -0.25) is 4.79 Å². The number of ether oxygens (including phenoxy) is 1. The Balaban J connectivity index is 1.42. The van der Waals surface area contributed by atoms with E-state index in [0.717, 1.165) is 18.2 Å². The standard InChI is InChI=1S/C16H18FN3O2S/c17-13-3-1-2-4-14(13)22-11-5-15(21)19-7-9-20(10-8-19)16-18-6-12-23-16/h1-4,6,12H,5,7-11H2. The predicted octanol–water partition coefficient (Wildman–Crippen LogP) is 2.40. The van der Waals surface area contributed by atoms with Crippen LogP contribution in [0.25, 0.3) is 0 Å². The third-order valence-electron chi connectivity index (χ3n) is 3.73. The summed E-state index contributed by atoms with van der Waals surface area (Å²) in [5, 5.41) is 2.95. The molecular weight excluding hydrogens is 317 g/mol. The van der Waals surface area contributed by atoms with Crippen molar-refractivity contribution in [2.75, 3.05) is 37.7 Å². The summed E-state index contributed by atoms with van der Waals surface area (Å²) in [6.45, 7) is 3.11. The Bertz CT molecular complexity index is 643. The summed E-state index contributed by atoms with van der Waals surface area (Å²) in [6.07, 6.45) is 2.04.